The Labute approximate surface area is 112 Å². The number of carbonyl (C=O) groups is 1. The number of nitrogens with two attached hydrogens (primary N) is 1. The van der Waals surface area contributed by atoms with E-state index in [1.165, 1.54) is 25.7 Å². The Morgan fingerprint density at radius 3 is 2.22 bits per heavy atom. The fraction of sp³-hybridized carbons (Fsp3) is 0.938. The molecule has 4 atom stereocenters. The van der Waals surface area contributed by atoms with Crippen LogP contribution in [-0.4, -0.2) is 11.8 Å². The highest BCUT2D eigenvalue weighted by molar-refractivity contribution is 5.84. The van der Waals surface area contributed by atoms with Gasteiger partial charge in [0.05, 0.1) is 0 Å². The molecule has 0 heterocycles. The summed E-state index contributed by atoms with van der Waals surface area (Å²) in [5.74, 6) is 2.39. The zero-order valence-corrected chi connectivity index (χ0v) is 12.0. The van der Waals surface area contributed by atoms with Gasteiger partial charge in [-0.25, -0.2) is 0 Å². The first-order valence-corrected chi connectivity index (χ1v) is 7.87. The van der Waals surface area contributed by atoms with Crippen molar-refractivity contribution < 1.29 is 4.79 Å². The minimum Gasteiger partial charge on any atom is -0.327 e. The van der Waals surface area contributed by atoms with Crippen molar-refractivity contribution in [1.29, 1.82) is 0 Å². The number of Topliss-reactive ketones (excluding diaryl/α,β-unsaturated/α-hetero) is 1. The van der Waals surface area contributed by atoms with Gasteiger partial charge in [-0.1, -0.05) is 33.1 Å². The molecule has 2 rings (SSSR count). The molecule has 0 aliphatic heterocycles. The fourth-order valence-corrected chi connectivity index (χ4v) is 4.17. The number of hydrogen-bond donors (Lipinski definition) is 1. The average molecular weight is 251 g/mol. The number of hydrogen-bond acceptors (Lipinski definition) is 2. The van der Waals surface area contributed by atoms with Crippen LogP contribution in [0.4, 0.5) is 0 Å². The molecule has 2 nitrogen and oxygen atoms in total. The normalized spacial score (nSPS) is 42.3. The van der Waals surface area contributed by atoms with Gasteiger partial charge in [-0.15, -0.1) is 0 Å². The lowest BCUT2D eigenvalue weighted by Crippen LogP contribution is -2.39. The van der Waals surface area contributed by atoms with Crippen LogP contribution >= 0.6 is 0 Å². The van der Waals surface area contributed by atoms with Crippen LogP contribution in [0.1, 0.15) is 65.2 Å². The monoisotopic (exact) mass is 251 g/mol. The van der Waals surface area contributed by atoms with Gasteiger partial charge >= 0.3 is 0 Å². The van der Waals surface area contributed by atoms with Gasteiger partial charge in [0.1, 0.15) is 5.78 Å². The third kappa shape index (κ3) is 3.34. The van der Waals surface area contributed by atoms with Crippen LogP contribution in [0.15, 0.2) is 0 Å². The molecule has 0 bridgehead atoms. The van der Waals surface area contributed by atoms with Crippen LogP contribution in [0.25, 0.3) is 0 Å². The van der Waals surface area contributed by atoms with E-state index in [0.29, 0.717) is 23.5 Å². The summed E-state index contributed by atoms with van der Waals surface area (Å²) in [5.41, 5.74) is 6.24. The molecule has 2 aliphatic carbocycles. The van der Waals surface area contributed by atoms with Gasteiger partial charge in [-0.3, -0.25) is 4.79 Å². The largest absolute Gasteiger partial charge is 0.327 e. The zero-order valence-electron chi connectivity index (χ0n) is 12.0. The molecular weight excluding hydrogens is 222 g/mol. The number of ketones is 1. The second kappa shape index (κ2) is 6.18. The molecule has 18 heavy (non-hydrogen) atoms. The summed E-state index contributed by atoms with van der Waals surface area (Å²) in [4.78, 5) is 12.7. The Kier molecular flexibility index (Phi) is 4.83. The predicted octanol–water partition coefficient (Wildman–Crippen LogP) is 3.54. The van der Waals surface area contributed by atoms with Gasteiger partial charge in [0.15, 0.2) is 0 Å². The van der Waals surface area contributed by atoms with E-state index in [1.54, 1.807) is 0 Å². The van der Waals surface area contributed by atoms with E-state index >= 15 is 0 Å². The smallest absolute Gasteiger partial charge is 0.140 e. The summed E-state index contributed by atoms with van der Waals surface area (Å²) in [6.45, 7) is 4.59. The maximum Gasteiger partial charge on any atom is 0.140 e. The Hall–Kier alpha value is -0.370. The van der Waals surface area contributed by atoms with Crippen LogP contribution < -0.4 is 5.73 Å². The van der Waals surface area contributed by atoms with E-state index in [1.807, 2.05) is 0 Å². The average Bonchev–Trinajstić information content (AvgIpc) is 2.51. The highest BCUT2D eigenvalue weighted by Crippen LogP contribution is 2.36. The SMILES string of the molecule is CC1CC(C)CC(C(=O)C2CCCCCC2N)C1. The lowest BCUT2D eigenvalue weighted by atomic mass is 9.71. The van der Waals surface area contributed by atoms with E-state index in [9.17, 15) is 4.79 Å². The molecule has 4 unspecified atom stereocenters. The Balaban J connectivity index is 2.00. The molecule has 0 radical (unpaired) electrons. The van der Waals surface area contributed by atoms with Crippen molar-refractivity contribution in [3.8, 4) is 0 Å². The van der Waals surface area contributed by atoms with Crippen molar-refractivity contribution in [2.45, 2.75) is 71.3 Å². The lowest BCUT2D eigenvalue weighted by molar-refractivity contribution is -0.129. The highest BCUT2D eigenvalue weighted by atomic mass is 16.1. The third-order valence-electron chi connectivity index (χ3n) is 5.02. The molecule has 2 saturated carbocycles. The van der Waals surface area contributed by atoms with Gasteiger partial charge in [-0.05, 0) is 43.9 Å². The molecule has 104 valence electrons. The maximum atomic E-state index is 12.7. The molecule has 2 aliphatic rings. The van der Waals surface area contributed by atoms with Crippen LogP contribution in [-0.2, 0) is 4.79 Å². The van der Waals surface area contributed by atoms with Gasteiger partial charge in [0, 0.05) is 17.9 Å². The zero-order chi connectivity index (χ0) is 13.1. The minimum absolute atomic E-state index is 0.132. The fourth-order valence-electron chi connectivity index (χ4n) is 4.17. The molecule has 2 heteroatoms. The van der Waals surface area contributed by atoms with E-state index in [0.717, 1.165) is 25.7 Å². The predicted molar refractivity (Wildman–Crippen MR) is 75.2 cm³/mol. The Morgan fingerprint density at radius 2 is 1.56 bits per heavy atom. The van der Waals surface area contributed by atoms with E-state index < -0.39 is 0 Å². The molecule has 2 fully saturated rings. The summed E-state index contributed by atoms with van der Waals surface area (Å²) in [6.07, 6.45) is 9.26. The molecule has 0 aromatic carbocycles. The molecule has 0 amide bonds. The first-order valence-electron chi connectivity index (χ1n) is 7.87. The van der Waals surface area contributed by atoms with E-state index in [-0.39, 0.29) is 12.0 Å². The van der Waals surface area contributed by atoms with Crippen molar-refractivity contribution in [3.63, 3.8) is 0 Å². The quantitative estimate of drug-likeness (QED) is 0.763. The molecule has 0 spiro atoms. The third-order valence-corrected chi connectivity index (χ3v) is 5.02. The number of carbonyl (C=O) groups excluding carboxylic acids is 1. The topological polar surface area (TPSA) is 43.1 Å². The van der Waals surface area contributed by atoms with Crippen molar-refractivity contribution in [3.05, 3.63) is 0 Å². The van der Waals surface area contributed by atoms with Crippen molar-refractivity contribution in [2.24, 2.45) is 29.4 Å². The van der Waals surface area contributed by atoms with Crippen LogP contribution in [0.5, 0.6) is 0 Å². The first-order chi connectivity index (χ1) is 8.58. The summed E-state index contributed by atoms with van der Waals surface area (Å²) in [5, 5.41) is 0. The van der Waals surface area contributed by atoms with Gasteiger partial charge in [0.2, 0.25) is 0 Å². The highest BCUT2D eigenvalue weighted by Gasteiger charge is 2.35. The lowest BCUT2D eigenvalue weighted by Gasteiger charge is -2.33. The van der Waals surface area contributed by atoms with Gasteiger partial charge in [0.25, 0.3) is 0 Å². The van der Waals surface area contributed by atoms with E-state index in [4.69, 9.17) is 5.73 Å². The summed E-state index contributed by atoms with van der Waals surface area (Å²) in [6, 6.07) is 0.132. The summed E-state index contributed by atoms with van der Waals surface area (Å²) in [7, 11) is 0. The van der Waals surface area contributed by atoms with Crippen LogP contribution in [0, 0.1) is 23.7 Å². The molecular formula is C16H29NO. The van der Waals surface area contributed by atoms with Crippen molar-refractivity contribution in [2.75, 3.05) is 0 Å². The standard InChI is InChI=1S/C16H29NO/c1-11-8-12(2)10-13(9-11)16(18)14-6-4-3-5-7-15(14)17/h11-15H,3-10,17H2,1-2H3. The van der Waals surface area contributed by atoms with Crippen molar-refractivity contribution >= 4 is 5.78 Å². The Morgan fingerprint density at radius 1 is 0.944 bits per heavy atom. The van der Waals surface area contributed by atoms with Crippen LogP contribution in [0.2, 0.25) is 0 Å². The minimum atomic E-state index is 0.132. The first kappa shape index (κ1) is 14.0. The second-order valence-corrected chi connectivity index (χ2v) is 6.93. The van der Waals surface area contributed by atoms with Crippen LogP contribution in [0.3, 0.4) is 0 Å². The maximum absolute atomic E-state index is 12.7. The van der Waals surface area contributed by atoms with Crippen molar-refractivity contribution in [1.82, 2.24) is 0 Å². The van der Waals surface area contributed by atoms with Gasteiger partial charge < -0.3 is 5.73 Å². The molecule has 0 aromatic rings. The molecule has 0 saturated heterocycles. The number of rotatable bonds is 2. The van der Waals surface area contributed by atoms with E-state index in [2.05, 4.69) is 13.8 Å². The Bertz CT molecular complexity index is 279. The van der Waals surface area contributed by atoms with Gasteiger partial charge in [-0.2, -0.15) is 0 Å². The molecule has 2 N–H and O–H groups in total. The summed E-state index contributed by atoms with van der Waals surface area (Å²) < 4.78 is 0. The molecule has 0 aromatic heterocycles. The summed E-state index contributed by atoms with van der Waals surface area (Å²) >= 11 is 0. The second-order valence-electron chi connectivity index (χ2n) is 6.93.